The average Bonchev–Trinajstić information content (AvgIpc) is 3.10. The molecule has 0 aliphatic carbocycles. The molecule has 0 aliphatic heterocycles. The van der Waals surface area contributed by atoms with Crippen molar-refractivity contribution in [2.75, 3.05) is 14.2 Å². The number of aromatic nitrogens is 2. The van der Waals surface area contributed by atoms with Gasteiger partial charge < -0.3 is 4.74 Å². The number of carbonyl (C=O) groups excluding carboxylic acids is 1. The van der Waals surface area contributed by atoms with Crippen molar-refractivity contribution in [3.8, 4) is 22.6 Å². The van der Waals surface area contributed by atoms with E-state index in [-0.39, 0.29) is 12.3 Å². The number of hydrogen-bond donors (Lipinski definition) is 1. The topological polar surface area (TPSA) is 67.6 Å². The highest BCUT2D eigenvalue weighted by atomic mass is 35.5. The van der Waals surface area contributed by atoms with Crippen LogP contribution in [0, 0.1) is 0 Å². The third-order valence-corrected chi connectivity index (χ3v) is 4.47. The standard InChI is InChI=1S/C20H20ClN3O3/c1-23(26)20(25)12-11-19-18(14-3-5-15(21)6-4-14)13-24(22-19)16-7-9-17(27-2)10-8-16/h3-10,13,26H,11-12H2,1-2H3. The summed E-state index contributed by atoms with van der Waals surface area (Å²) >= 11 is 6.00. The van der Waals surface area contributed by atoms with Crippen molar-refractivity contribution in [2.24, 2.45) is 0 Å². The van der Waals surface area contributed by atoms with E-state index in [0.29, 0.717) is 16.5 Å². The fourth-order valence-corrected chi connectivity index (χ4v) is 2.85. The maximum absolute atomic E-state index is 11.8. The minimum absolute atomic E-state index is 0.160. The van der Waals surface area contributed by atoms with Crippen LogP contribution in [0.5, 0.6) is 5.75 Å². The molecule has 1 aromatic heterocycles. The summed E-state index contributed by atoms with van der Waals surface area (Å²) in [6.07, 6.45) is 2.49. The fraction of sp³-hybridized carbons (Fsp3) is 0.200. The van der Waals surface area contributed by atoms with Crippen molar-refractivity contribution in [1.29, 1.82) is 0 Å². The minimum Gasteiger partial charge on any atom is -0.497 e. The zero-order valence-corrected chi connectivity index (χ0v) is 15.8. The van der Waals surface area contributed by atoms with Crippen LogP contribution in [0.2, 0.25) is 5.02 Å². The summed E-state index contributed by atoms with van der Waals surface area (Å²) in [4.78, 5) is 11.8. The molecule has 6 nitrogen and oxygen atoms in total. The van der Waals surface area contributed by atoms with E-state index < -0.39 is 0 Å². The summed E-state index contributed by atoms with van der Waals surface area (Å²) < 4.78 is 6.96. The lowest BCUT2D eigenvalue weighted by Crippen LogP contribution is -2.22. The van der Waals surface area contributed by atoms with Gasteiger partial charge in [0.2, 0.25) is 5.91 Å². The Bertz CT molecular complexity index is 919. The van der Waals surface area contributed by atoms with Crippen molar-refractivity contribution in [1.82, 2.24) is 14.8 Å². The lowest BCUT2D eigenvalue weighted by molar-refractivity contribution is -0.159. The Labute approximate surface area is 162 Å². The zero-order valence-electron chi connectivity index (χ0n) is 15.1. The summed E-state index contributed by atoms with van der Waals surface area (Å²) in [5, 5.41) is 15.2. The largest absolute Gasteiger partial charge is 0.497 e. The second kappa shape index (κ2) is 8.24. The van der Waals surface area contributed by atoms with Gasteiger partial charge in [-0.05, 0) is 42.0 Å². The highest BCUT2D eigenvalue weighted by molar-refractivity contribution is 6.30. The summed E-state index contributed by atoms with van der Waals surface area (Å²) in [5.74, 6) is 0.400. The molecule has 7 heteroatoms. The van der Waals surface area contributed by atoms with Gasteiger partial charge in [0.15, 0.2) is 0 Å². The number of rotatable bonds is 6. The number of hydroxylamine groups is 2. The molecule has 0 saturated heterocycles. The van der Waals surface area contributed by atoms with Crippen LogP contribution in [0.15, 0.2) is 54.7 Å². The maximum atomic E-state index is 11.8. The highest BCUT2D eigenvalue weighted by Crippen LogP contribution is 2.27. The van der Waals surface area contributed by atoms with Gasteiger partial charge in [-0.2, -0.15) is 5.10 Å². The second-order valence-corrected chi connectivity index (χ2v) is 6.49. The second-order valence-electron chi connectivity index (χ2n) is 6.06. The first-order valence-corrected chi connectivity index (χ1v) is 8.80. The number of methoxy groups -OCH3 is 1. The van der Waals surface area contributed by atoms with E-state index in [1.807, 2.05) is 54.7 Å². The van der Waals surface area contributed by atoms with Gasteiger partial charge in [-0.3, -0.25) is 10.0 Å². The summed E-state index contributed by atoms with van der Waals surface area (Å²) in [5.41, 5.74) is 3.51. The molecule has 140 valence electrons. The van der Waals surface area contributed by atoms with E-state index in [1.54, 1.807) is 11.8 Å². The SMILES string of the molecule is COc1ccc(-n2cc(-c3ccc(Cl)cc3)c(CCC(=O)N(C)O)n2)cc1. The zero-order chi connectivity index (χ0) is 19.4. The lowest BCUT2D eigenvalue weighted by atomic mass is 10.0. The normalized spacial score (nSPS) is 10.7. The monoisotopic (exact) mass is 385 g/mol. The molecule has 0 unspecified atom stereocenters. The fourth-order valence-electron chi connectivity index (χ4n) is 2.72. The van der Waals surface area contributed by atoms with Gasteiger partial charge in [0.25, 0.3) is 0 Å². The Morgan fingerprint density at radius 2 is 1.85 bits per heavy atom. The highest BCUT2D eigenvalue weighted by Gasteiger charge is 2.15. The lowest BCUT2D eigenvalue weighted by Gasteiger charge is -2.07. The average molecular weight is 386 g/mol. The number of halogens is 1. The molecule has 2 aromatic carbocycles. The first-order valence-electron chi connectivity index (χ1n) is 8.42. The Morgan fingerprint density at radius 3 is 2.44 bits per heavy atom. The number of ether oxygens (including phenoxy) is 1. The first-order chi connectivity index (χ1) is 13.0. The summed E-state index contributed by atoms with van der Waals surface area (Å²) in [6, 6.07) is 15.0. The van der Waals surface area contributed by atoms with Crippen LogP contribution in [0.1, 0.15) is 12.1 Å². The number of nitrogens with zero attached hydrogens (tertiary/aromatic N) is 3. The van der Waals surface area contributed by atoms with Crippen LogP contribution in [0.25, 0.3) is 16.8 Å². The smallest absolute Gasteiger partial charge is 0.246 e. The van der Waals surface area contributed by atoms with E-state index in [0.717, 1.165) is 28.3 Å². The van der Waals surface area contributed by atoms with Crippen LogP contribution in [0.4, 0.5) is 0 Å². The molecule has 0 fully saturated rings. The van der Waals surface area contributed by atoms with Gasteiger partial charge in [-0.1, -0.05) is 23.7 Å². The van der Waals surface area contributed by atoms with E-state index in [2.05, 4.69) is 5.10 Å². The molecule has 0 aliphatic rings. The van der Waals surface area contributed by atoms with Gasteiger partial charge >= 0.3 is 0 Å². The van der Waals surface area contributed by atoms with Gasteiger partial charge in [0, 0.05) is 36.7 Å². The predicted octanol–water partition coefficient (Wildman–Crippen LogP) is 3.98. The van der Waals surface area contributed by atoms with Gasteiger partial charge in [-0.25, -0.2) is 9.75 Å². The number of benzene rings is 2. The molecule has 0 radical (unpaired) electrons. The van der Waals surface area contributed by atoms with Crippen LogP contribution < -0.4 is 4.74 Å². The summed E-state index contributed by atoms with van der Waals surface area (Å²) in [6.45, 7) is 0. The Balaban J connectivity index is 1.96. The Kier molecular flexibility index (Phi) is 5.78. The molecule has 0 saturated carbocycles. The van der Waals surface area contributed by atoms with Crippen molar-refractivity contribution < 1.29 is 14.7 Å². The Morgan fingerprint density at radius 1 is 1.19 bits per heavy atom. The first kappa shape index (κ1) is 18.9. The van der Waals surface area contributed by atoms with Gasteiger partial charge in [0.05, 0.1) is 18.5 Å². The van der Waals surface area contributed by atoms with E-state index in [4.69, 9.17) is 16.3 Å². The van der Waals surface area contributed by atoms with E-state index in [1.165, 1.54) is 7.05 Å². The number of aryl methyl sites for hydroxylation is 1. The summed E-state index contributed by atoms with van der Waals surface area (Å²) in [7, 11) is 2.94. The molecule has 1 heterocycles. The van der Waals surface area contributed by atoms with E-state index in [9.17, 15) is 10.0 Å². The third kappa shape index (κ3) is 4.48. The molecule has 27 heavy (non-hydrogen) atoms. The molecular formula is C20H20ClN3O3. The van der Waals surface area contributed by atoms with Crippen molar-refractivity contribution in [3.63, 3.8) is 0 Å². The predicted molar refractivity (Wildman–Crippen MR) is 103 cm³/mol. The van der Waals surface area contributed by atoms with Crippen molar-refractivity contribution >= 4 is 17.5 Å². The third-order valence-electron chi connectivity index (χ3n) is 4.22. The molecule has 0 bridgehead atoms. The molecule has 3 rings (SSSR count). The van der Waals surface area contributed by atoms with Crippen molar-refractivity contribution in [2.45, 2.75) is 12.8 Å². The van der Waals surface area contributed by atoms with Crippen LogP contribution in [-0.4, -0.2) is 40.1 Å². The molecule has 0 spiro atoms. The molecule has 1 N–H and O–H groups in total. The Hall–Kier alpha value is -2.83. The van der Waals surface area contributed by atoms with Gasteiger partial charge in [0.1, 0.15) is 5.75 Å². The number of carbonyl (C=O) groups is 1. The minimum atomic E-state index is -0.365. The quantitative estimate of drug-likeness (QED) is 0.514. The molecule has 3 aromatic rings. The van der Waals surface area contributed by atoms with Crippen LogP contribution >= 0.6 is 11.6 Å². The molecule has 0 atom stereocenters. The van der Waals surface area contributed by atoms with E-state index >= 15 is 0 Å². The van der Waals surface area contributed by atoms with Crippen molar-refractivity contribution in [3.05, 3.63) is 65.4 Å². The van der Waals surface area contributed by atoms with Gasteiger partial charge in [-0.15, -0.1) is 0 Å². The van der Waals surface area contributed by atoms with Crippen LogP contribution in [0.3, 0.4) is 0 Å². The van der Waals surface area contributed by atoms with Crippen LogP contribution in [-0.2, 0) is 11.2 Å². The molecular weight excluding hydrogens is 366 g/mol. The maximum Gasteiger partial charge on any atom is 0.246 e. The number of hydrogen-bond acceptors (Lipinski definition) is 4. The molecule has 1 amide bonds. The number of amides is 1.